The highest BCUT2D eigenvalue weighted by molar-refractivity contribution is 7.89. The van der Waals surface area contributed by atoms with Crippen LogP contribution < -0.4 is 10.6 Å². The Morgan fingerprint density at radius 1 is 1.45 bits per heavy atom. The summed E-state index contributed by atoms with van der Waals surface area (Å²) in [5.74, 6) is -0.320. The zero-order valence-electron chi connectivity index (χ0n) is 11.7. The molecule has 8 nitrogen and oxygen atoms in total. The van der Waals surface area contributed by atoms with Gasteiger partial charge in [-0.2, -0.15) is 9.40 Å². The summed E-state index contributed by atoms with van der Waals surface area (Å²) in [6, 6.07) is -0.743. The van der Waals surface area contributed by atoms with Crippen LogP contribution in [0.2, 0.25) is 0 Å². The molecule has 9 heteroatoms. The number of piperazine rings is 1. The second-order valence-corrected chi connectivity index (χ2v) is 6.54. The van der Waals surface area contributed by atoms with E-state index in [1.165, 1.54) is 11.4 Å². The van der Waals surface area contributed by atoms with E-state index in [0.29, 0.717) is 24.5 Å². The highest BCUT2D eigenvalue weighted by atomic mass is 32.2. The molecule has 112 valence electrons. The van der Waals surface area contributed by atoms with Crippen molar-refractivity contribution in [3.63, 3.8) is 0 Å². The van der Waals surface area contributed by atoms with Gasteiger partial charge in [0.2, 0.25) is 15.9 Å². The molecule has 0 aliphatic carbocycles. The van der Waals surface area contributed by atoms with Crippen LogP contribution in [0.15, 0.2) is 4.90 Å². The van der Waals surface area contributed by atoms with Gasteiger partial charge >= 0.3 is 0 Å². The monoisotopic (exact) mass is 301 g/mol. The van der Waals surface area contributed by atoms with E-state index in [9.17, 15) is 13.2 Å². The maximum absolute atomic E-state index is 12.8. The average Bonchev–Trinajstić information content (AvgIpc) is 2.77. The van der Waals surface area contributed by atoms with Crippen LogP contribution >= 0.6 is 0 Å². The fraction of sp³-hybridized carbons (Fsp3) is 0.636. The van der Waals surface area contributed by atoms with Gasteiger partial charge < -0.3 is 10.6 Å². The van der Waals surface area contributed by atoms with Crippen LogP contribution in [0.3, 0.4) is 0 Å². The van der Waals surface area contributed by atoms with Gasteiger partial charge in [-0.3, -0.25) is 9.89 Å². The molecule has 2 rings (SSSR count). The normalized spacial score (nSPS) is 20.9. The Kier molecular flexibility index (Phi) is 4.11. The minimum Gasteiger partial charge on any atom is -0.358 e. The van der Waals surface area contributed by atoms with E-state index in [2.05, 4.69) is 20.8 Å². The first-order valence-electron chi connectivity index (χ1n) is 6.35. The fourth-order valence-electron chi connectivity index (χ4n) is 2.40. The lowest BCUT2D eigenvalue weighted by Crippen LogP contribution is -2.59. The van der Waals surface area contributed by atoms with Crippen molar-refractivity contribution >= 4 is 15.9 Å². The van der Waals surface area contributed by atoms with Gasteiger partial charge in [0, 0.05) is 26.7 Å². The van der Waals surface area contributed by atoms with E-state index in [1.807, 2.05) is 0 Å². The predicted molar refractivity (Wildman–Crippen MR) is 72.7 cm³/mol. The number of aromatic amines is 1. The summed E-state index contributed by atoms with van der Waals surface area (Å²) in [6.07, 6.45) is 0. The van der Waals surface area contributed by atoms with E-state index in [4.69, 9.17) is 0 Å². The topological polar surface area (TPSA) is 107 Å². The van der Waals surface area contributed by atoms with Crippen LogP contribution in [0.4, 0.5) is 0 Å². The Bertz CT molecular complexity index is 590. The molecule has 3 N–H and O–H groups in total. The highest BCUT2D eigenvalue weighted by Crippen LogP contribution is 2.24. The molecule has 1 saturated heterocycles. The molecular weight excluding hydrogens is 282 g/mol. The molecule has 1 amide bonds. The molecule has 1 atom stereocenters. The smallest absolute Gasteiger partial charge is 0.247 e. The van der Waals surface area contributed by atoms with Gasteiger partial charge in [-0.15, -0.1) is 0 Å². The summed E-state index contributed by atoms with van der Waals surface area (Å²) in [7, 11) is -2.25. The summed E-state index contributed by atoms with van der Waals surface area (Å²) in [6.45, 7) is 4.36. The van der Waals surface area contributed by atoms with Crippen LogP contribution in [0.1, 0.15) is 11.4 Å². The number of carbonyl (C=O) groups excluding carboxylic acids is 1. The van der Waals surface area contributed by atoms with E-state index in [0.717, 1.165) is 0 Å². The Labute approximate surface area is 118 Å². The number of carbonyl (C=O) groups is 1. The maximum atomic E-state index is 12.8. The zero-order chi connectivity index (χ0) is 14.9. The minimum absolute atomic E-state index is 0.160. The van der Waals surface area contributed by atoms with Crippen LogP contribution in [0.5, 0.6) is 0 Å². The van der Waals surface area contributed by atoms with E-state index in [1.54, 1.807) is 13.8 Å². The highest BCUT2D eigenvalue weighted by Gasteiger charge is 2.39. The Hall–Kier alpha value is -1.45. The Morgan fingerprint density at radius 3 is 2.70 bits per heavy atom. The third-order valence-corrected chi connectivity index (χ3v) is 5.54. The molecule has 1 aromatic heterocycles. The number of sulfonamides is 1. The number of rotatable bonds is 3. The molecule has 1 aliphatic heterocycles. The van der Waals surface area contributed by atoms with Crippen molar-refractivity contribution in [3.05, 3.63) is 11.4 Å². The van der Waals surface area contributed by atoms with Crippen LogP contribution in [-0.4, -0.2) is 61.6 Å². The summed E-state index contributed by atoms with van der Waals surface area (Å²) in [5, 5.41) is 12.1. The first-order valence-corrected chi connectivity index (χ1v) is 7.79. The summed E-state index contributed by atoms with van der Waals surface area (Å²) < 4.78 is 26.8. The molecule has 0 radical (unpaired) electrons. The Morgan fingerprint density at radius 2 is 2.15 bits per heavy atom. The third kappa shape index (κ3) is 2.43. The lowest BCUT2D eigenvalue weighted by Gasteiger charge is -2.33. The largest absolute Gasteiger partial charge is 0.358 e. The van der Waals surface area contributed by atoms with Crippen molar-refractivity contribution in [2.75, 3.05) is 26.7 Å². The minimum atomic E-state index is -3.75. The second-order valence-electron chi connectivity index (χ2n) is 4.71. The lowest BCUT2D eigenvalue weighted by molar-refractivity contribution is -0.124. The molecular formula is C11H19N5O3S. The molecule has 1 unspecified atom stereocenters. The molecule has 20 heavy (non-hydrogen) atoms. The van der Waals surface area contributed by atoms with Crippen molar-refractivity contribution < 1.29 is 13.2 Å². The molecule has 0 saturated carbocycles. The van der Waals surface area contributed by atoms with Crippen molar-refractivity contribution in [3.8, 4) is 0 Å². The molecule has 0 spiro atoms. The predicted octanol–water partition coefficient (Wildman–Crippen LogP) is -1.26. The number of likely N-dealkylation sites (N-methyl/N-ethyl adjacent to an activating group) is 1. The van der Waals surface area contributed by atoms with E-state index < -0.39 is 16.1 Å². The van der Waals surface area contributed by atoms with Gasteiger partial charge in [-0.05, 0) is 13.8 Å². The lowest BCUT2D eigenvalue weighted by atomic mass is 10.2. The molecule has 1 aliphatic rings. The quantitative estimate of drug-likeness (QED) is 0.645. The average molecular weight is 301 g/mol. The third-order valence-electron chi connectivity index (χ3n) is 3.37. The summed E-state index contributed by atoms with van der Waals surface area (Å²) in [5.41, 5.74) is 0.897. The standard InChI is InChI=1S/C11H19N5O3S/c1-7-10(8(2)15-14-7)20(18,19)16-5-4-13-6-9(16)11(17)12-3/h9,13H,4-6H2,1-3H3,(H,12,17)(H,14,15). The number of aryl methyl sites for hydroxylation is 2. The number of amides is 1. The van der Waals surface area contributed by atoms with Gasteiger partial charge in [0.15, 0.2) is 0 Å². The zero-order valence-corrected chi connectivity index (χ0v) is 12.5. The summed E-state index contributed by atoms with van der Waals surface area (Å²) in [4.78, 5) is 12.0. The van der Waals surface area contributed by atoms with Crippen molar-refractivity contribution in [2.45, 2.75) is 24.8 Å². The van der Waals surface area contributed by atoms with Gasteiger partial charge in [-0.25, -0.2) is 8.42 Å². The number of aromatic nitrogens is 2. The van der Waals surface area contributed by atoms with Crippen molar-refractivity contribution in [1.29, 1.82) is 0 Å². The first-order chi connectivity index (χ1) is 9.39. The fourth-order valence-corrected chi connectivity index (χ4v) is 4.32. The summed E-state index contributed by atoms with van der Waals surface area (Å²) >= 11 is 0. The SMILES string of the molecule is CNC(=O)C1CNCCN1S(=O)(=O)c1c(C)n[nH]c1C. The number of nitrogens with one attached hydrogen (secondary N) is 3. The van der Waals surface area contributed by atoms with Gasteiger partial charge in [-0.1, -0.05) is 0 Å². The number of nitrogens with zero attached hydrogens (tertiary/aromatic N) is 2. The number of H-pyrrole nitrogens is 1. The molecule has 1 fully saturated rings. The van der Waals surface area contributed by atoms with E-state index >= 15 is 0 Å². The maximum Gasteiger partial charge on any atom is 0.247 e. The van der Waals surface area contributed by atoms with Gasteiger partial charge in [0.25, 0.3) is 0 Å². The van der Waals surface area contributed by atoms with Gasteiger partial charge in [0.1, 0.15) is 10.9 Å². The Balaban J connectivity index is 2.44. The molecule has 0 aromatic carbocycles. The first kappa shape index (κ1) is 14.9. The van der Waals surface area contributed by atoms with Crippen molar-refractivity contribution in [1.82, 2.24) is 25.1 Å². The number of hydrogen-bond acceptors (Lipinski definition) is 5. The second kappa shape index (κ2) is 5.51. The number of hydrogen-bond donors (Lipinski definition) is 3. The molecule has 1 aromatic rings. The van der Waals surface area contributed by atoms with Crippen LogP contribution in [-0.2, 0) is 14.8 Å². The molecule has 0 bridgehead atoms. The van der Waals surface area contributed by atoms with Crippen LogP contribution in [0.25, 0.3) is 0 Å². The van der Waals surface area contributed by atoms with Crippen LogP contribution in [0, 0.1) is 13.8 Å². The van der Waals surface area contributed by atoms with Gasteiger partial charge in [0.05, 0.1) is 11.4 Å². The van der Waals surface area contributed by atoms with Crippen molar-refractivity contribution in [2.24, 2.45) is 0 Å². The molecule has 2 heterocycles. The van der Waals surface area contributed by atoms with E-state index in [-0.39, 0.29) is 17.3 Å².